The van der Waals surface area contributed by atoms with Crippen LogP contribution in [0.3, 0.4) is 0 Å². The molecule has 0 spiro atoms. The zero-order chi connectivity index (χ0) is 17.4. The fourth-order valence-corrected chi connectivity index (χ4v) is 2.02. The first-order valence-corrected chi connectivity index (χ1v) is 7.99. The maximum Gasteiger partial charge on any atom is 0.191 e. The van der Waals surface area contributed by atoms with E-state index in [0.29, 0.717) is 18.3 Å². The molecule has 0 aliphatic rings. The fraction of sp³-hybridized carbons (Fsp3) is 0.333. The van der Waals surface area contributed by atoms with E-state index >= 15 is 0 Å². The molecule has 1 aromatic carbocycles. The maximum atomic E-state index is 14.2. The summed E-state index contributed by atoms with van der Waals surface area (Å²) in [4.78, 5) is 8.39. The van der Waals surface area contributed by atoms with Crippen LogP contribution < -0.4 is 15.4 Å². The van der Waals surface area contributed by atoms with Gasteiger partial charge in [-0.1, -0.05) is 6.07 Å². The highest BCUT2D eigenvalue weighted by Gasteiger charge is 2.07. The molecule has 0 saturated heterocycles. The molecule has 136 valence electrons. The number of pyridine rings is 1. The molecule has 1 aromatic heterocycles. The van der Waals surface area contributed by atoms with Crippen LogP contribution in [0.1, 0.15) is 26.3 Å². The monoisotopic (exact) mass is 458 g/mol. The molecule has 0 radical (unpaired) electrons. The van der Waals surface area contributed by atoms with Crippen molar-refractivity contribution in [1.82, 2.24) is 15.6 Å². The van der Waals surface area contributed by atoms with Gasteiger partial charge in [-0.25, -0.2) is 9.38 Å². The van der Waals surface area contributed by atoms with Crippen molar-refractivity contribution >= 4 is 29.9 Å². The third-order valence-corrected chi connectivity index (χ3v) is 3.05. The highest BCUT2D eigenvalue weighted by molar-refractivity contribution is 14.0. The molecule has 2 aromatic rings. The Morgan fingerprint density at radius 3 is 2.72 bits per heavy atom. The van der Waals surface area contributed by atoms with Gasteiger partial charge in [-0.3, -0.25) is 4.98 Å². The Labute approximate surface area is 165 Å². The lowest BCUT2D eigenvalue weighted by molar-refractivity contribution is 0.440. The SMILES string of the molecule is CCNC(=NCc1ccc(Oc2cccnc2)c(F)c1)NC(C)C.I. The van der Waals surface area contributed by atoms with Crippen molar-refractivity contribution in [3.05, 3.63) is 54.1 Å². The van der Waals surface area contributed by atoms with Crippen molar-refractivity contribution in [1.29, 1.82) is 0 Å². The van der Waals surface area contributed by atoms with Crippen LogP contribution >= 0.6 is 24.0 Å². The lowest BCUT2D eigenvalue weighted by Crippen LogP contribution is -2.40. The Kier molecular flexibility index (Phi) is 9.18. The van der Waals surface area contributed by atoms with Gasteiger partial charge in [-0.2, -0.15) is 0 Å². The van der Waals surface area contributed by atoms with Crippen LogP contribution in [0.15, 0.2) is 47.7 Å². The second-order valence-electron chi connectivity index (χ2n) is 5.55. The molecule has 0 aliphatic heterocycles. The third-order valence-electron chi connectivity index (χ3n) is 3.05. The number of benzene rings is 1. The van der Waals surface area contributed by atoms with Crippen molar-refractivity contribution in [3.8, 4) is 11.5 Å². The number of aliphatic imine (C=N–C) groups is 1. The molecule has 25 heavy (non-hydrogen) atoms. The second kappa shape index (κ2) is 10.9. The number of nitrogens with one attached hydrogen (secondary N) is 2. The molecule has 0 atom stereocenters. The summed E-state index contributed by atoms with van der Waals surface area (Å²) >= 11 is 0. The molecule has 2 rings (SSSR count). The Morgan fingerprint density at radius 1 is 1.32 bits per heavy atom. The summed E-state index contributed by atoms with van der Waals surface area (Å²) in [5, 5.41) is 6.38. The van der Waals surface area contributed by atoms with Gasteiger partial charge in [-0.05, 0) is 50.6 Å². The van der Waals surface area contributed by atoms with Crippen LogP contribution in [0.4, 0.5) is 4.39 Å². The van der Waals surface area contributed by atoms with Crippen molar-refractivity contribution in [3.63, 3.8) is 0 Å². The first-order valence-electron chi connectivity index (χ1n) is 7.99. The predicted molar refractivity (Wildman–Crippen MR) is 109 cm³/mol. The first-order chi connectivity index (χ1) is 11.6. The molecule has 0 fully saturated rings. The van der Waals surface area contributed by atoms with Gasteiger partial charge in [0.15, 0.2) is 17.5 Å². The largest absolute Gasteiger partial charge is 0.453 e. The summed E-state index contributed by atoms with van der Waals surface area (Å²) in [6.07, 6.45) is 3.18. The number of aromatic nitrogens is 1. The summed E-state index contributed by atoms with van der Waals surface area (Å²) < 4.78 is 19.7. The van der Waals surface area contributed by atoms with Gasteiger partial charge in [0.1, 0.15) is 5.75 Å². The standard InChI is InChI=1S/C18H23FN4O.HI/c1-4-21-18(23-13(2)3)22-11-14-7-8-17(16(19)10-14)24-15-6-5-9-20-12-15;/h5-10,12-13H,4,11H2,1-3H3,(H2,21,22,23);1H. The predicted octanol–water partition coefficient (Wildman–Crippen LogP) is 4.09. The highest BCUT2D eigenvalue weighted by atomic mass is 127. The lowest BCUT2D eigenvalue weighted by Gasteiger charge is -2.14. The summed E-state index contributed by atoms with van der Waals surface area (Å²) in [5.41, 5.74) is 0.770. The van der Waals surface area contributed by atoms with Crippen molar-refractivity contribution < 1.29 is 9.13 Å². The van der Waals surface area contributed by atoms with Gasteiger partial charge in [-0.15, -0.1) is 24.0 Å². The molecular formula is C18H24FIN4O. The van der Waals surface area contributed by atoms with E-state index in [1.54, 1.807) is 30.5 Å². The number of rotatable bonds is 6. The molecular weight excluding hydrogens is 434 g/mol. The van der Waals surface area contributed by atoms with Gasteiger partial charge in [0.25, 0.3) is 0 Å². The van der Waals surface area contributed by atoms with Crippen LogP contribution in [0.5, 0.6) is 11.5 Å². The van der Waals surface area contributed by atoms with E-state index in [1.165, 1.54) is 12.3 Å². The highest BCUT2D eigenvalue weighted by Crippen LogP contribution is 2.24. The molecule has 0 bridgehead atoms. The molecule has 5 nitrogen and oxygen atoms in total. The minimum Gasteiger partial charge on any atom is -0.453 e. The van der Waals surface area contributed by atoms with Crippen LogP contribution in [-0.2, 0) is 6.54 Å². The summed E-state index contributed by atoms with van der Waals surface area (Å²) in [6, 6.07) is 8.59. The van der Waals surface area contributed by atoms with Gasteiger partial charge in [0, 0.05) is 18.8 Å². The zero-order valence-corrected chi connectivity index (χ0v) is 17.0. The van der Waals surface area contributed by atoms with Gasteiger partial charge in [0.2, 0.25) is 0 Å². The molecule has 0 unspecified atom stereocenters. The topological polar surface area (TPSA) is 58.5 Å². The van der Waals surface area contributed by atoms with Crippen LogP contribution in [0.25, 0.3) is 0 Å². The van der Waals surface area contributed by atoms with Gasteiger partial charge < -0.3 is 15.4 Å². The molecule has 0 saturated carbocycles. The quantitative estimate of drug-likeness (QED) is 0.389. The van der Waals surface area contributed by atoms with Crippen molar-refractivity contribution in [2.75, 3.05) is 6.54 Å². The number of nitrogens with zero attached hydrogens (tertiary/aromatic N) is 2. The molecule has 0 amide bonds. The number of ether oxygens (including phenoxy) is 1. The van der Waals surface area contributed by atoms with Crippen LogP contribution in [-0.4, -0.2) is 23.5 Å². The van der Waals surface area contributed by atoms with Crippen LogP contribution in [0, 0.1) is 5.82 Å². The van der Waals surface area contributed by atoms with Crippen LogP contribution in [0.2, 0.25) is 0 Å². The average molecular weight is 458 g/mol. The number of hydrogen-bond acceptors (Lipinski definition) is 3. The van der Waals surface area contributed by atoms with Crippen molar-refractivity contribution in [2.24, 2.45) is 4.99 Å². The smallest absolute Gasteiger partial charge is 0.191 e. The Balaban J connectivity index is 0.00000312. The molecule has 0 aliphatic carbocycles. The molecule has 7 heteroatoms. The average Bonchev–Trinajstić information content (AvgIpc) is 2.56. The van der Waals surface area contributed by atoms with Crippen molar-refractivity contribution in [2.45, 2.75) is 33.4 Å². The first kappa shape index (κ1) is 21.1. The van der Waals surface area contributed by atoms with E-state index in [9.17, 15) is 4.39 Å². The van der Waals surface area contributed by atoms with E-state index in [1.807, 2.05) is 20.8 Å². The molecule has 1 heterocycles. The maximum absolute atomic E-state index is 14.2. The minimum atomic E-state index is -0.423. The molecule has 2 N–H and O–H groups in total. The number of hydrogen-bond donors (Lipinski definition) is 2. The Morgan fingerprint density at radius 2 is 2.12 bits per heavy atom. The van der Waals surface area contributed by atoms with Gasteiger partial charge in [0.05, 0.1) is 12.7 Å². The fourth-order valence-electron chi connectivity index (χ4n) is 2.02. The number of halogens is 2. The van der Waals surface area contributed by atoms with E-state index in [-0.39, 0.29) is 35.8 Å². The summed E-state index contributed by atoms with van der Waals surface area (Å²) in [7, 11) is 0. The summed E-state index contributed by atoms with van der Waals surface area (Å²) in [6.45, 7) is 7.23. The zero-order valence-electron chi connectivity index (χ0n) is 14.6. The van der Waals surface area contributed by atoms with E-state index in [4.69, 9.17) is 4.74 Å². The van der Waals surface area contributed by atoms with E-state index in [2.05, 4.69) is 20.6 Å². The van der Waals surface area contributed by atoms with E-state index < -0.39 is 5.82 Å². The second-order valence-corrected chi connectivity index (χ2v) is 5.55. The van der Waals surface area contributed by atoms with E-state index in [0.717, 1.165) is 12.1 Å². The Bertz CT molecular complexity index is 680. The third kappa shape index (κ3) is 7.25. The van der Waals surface area contributed by atoms with Gasteiger partial charge >= 0.3 is 0 Å². The lowest BCUT2D eigenvalue weighted by atomic mass is 10.2. The normalized spacial score (nSPS) is 11.0. The Hall–Kier alpha value is -1.90. The summed E-state index contributed by atoms with van der Waals surface area (Å²) in [5.74, 6) is 0.956. The minimum absolute atomic E-state index is 0. The number of guanidine groups is 1.